The number of halogens is 1. The SMILES string of the molecule is Cc1cc(C)c(C(=O)NCc2ccc(F)c(CO)c2)o1. The van der Waals surface area contributed by atoms with Crippen LogP contribution in [-0.4, -0.2) is 11.0 Å². The van der Waals surface area contributed by atoms with Gasteiger partial charge in [0, 0.05) is 17.7 Å². The smallest absolute Gasteiger partial charge is 0.287 e. The van der Waals surface area contributed by atoms with Crippen LogP contribution in [0.15, 0.2) is 28.7 Å². The van der Waals surface area contributed by atoms with Crippen LogP contribution in [0.1, 0.15) is 33.0 Å². The lowest BCUT2D eigenvalue weighted by Crippen LogP contribution is -2.23. The van der Waals surface area contributed by atoms with Gasteiger partial charge in [0.25, 0.3) is 5.91 Å². The Morgan fingerprint density at radius 2 is 2.10 bits per heavy atom. The van der Waals surface area contributed by atoms with E-state index in [0.717, 1.165) is 5.56 Å². The molecular formula is C15H16FNO3. The van der Waals surface area contributed by atoms with E-state index in [-0.39, 0.29) is 30.4 Å². The first-order valence-electron chi connectivity index (χ1n) is 6.24. The maximum absolute atomic E-state index is 13.2. The number of aryl methyl sites for hydroxylation is 2. The lowest BCUT2D eigenvalue weighted by atomic mass is 10.1. The summed E-state index contributed by atoms with van der Waals surface area (Å²) in [6.07, 6.45) is 0. The van der Waals surface area contributed by atoms with Gasteiger partial charge in [0.2, 0.25) is 0 Å². The monoisotopic (exact) mass is 277 g/mol. The summed E-state index contributed by atoms with van der Waals surface area (Å²) in [5.74, 6) is 0.189. The first-order chi connectivity index (χ1) is 9.51. The van der Waals surface area contributed by atoms with Gasteiger partial charge in [-0.05, 0) is 37.6 Å². The van der Waals surface area contributed by atoms with Crippen LogP contribution in [-0.2, 0) is 13.2 Å². The first kappa shape index (κ1) is 14.3. The largest absolute Gasteiger partial charge is 0.456 e. The number of benzene rings is 1. The summed E-state index contributed by atoms with van der Waals surface area (Å²) in [6, 6.07) is 6.15. The molecule has 1 aromatic carbocycles. The fourth-order valence-electron chi connectivity index (χ4n) is 1.99. The van der Waals surface area contributed by atoms with Crippen molar-refractivity contribution < 1.29 is 18.7 Å². The molecule has 0 spiro atoms. The number of hydrogen-bond acceptors (Lipinski definition) is 3. The Labute approximate surface area is 116 Å². The molecule has 4 nitrogen and oxygen atoms in total. The molecule has 0 unspecified atom stereocenters. The maximum atomic E-state index is 13.2. The number of furan rings is 1. The molecular weight excluding hydrogens is 261 g/mol. The van der Waals surface area contributed by atoms with E-state index in [1.54, 1.807) is 26.0 Å². The van der Waals surface area contributed by atoms with Gasteiger partial charge in [-0.3, -0.25) is 4.79 Å². The van der Waals surface area contributed by atoms with Crippen LogP contribution < -0.4 is 5.32 Å². The predicted octanol–water partition coefficient (Wildman–Crippen LogP) is 2.46. The number of amides is 1. The van der Waals surface area contributed by atoms with Crippen LogP contribution in [0.5, 0.6) is 0 Å². The van der Waals surface area contributed by atoms with E-state index in [1.165, 1.54) is 12.1 Å². The number of carbonyl (C=O) groups excluding carboxylic acids is 1. The summed E-state index contributed by atoms with van der Waals surface area (Å²) in [4.78, 5) is 11.9. The van der Waals surface area contributed by atoms with Crippen molar-refractivity contribution in [2.75, 3.05) is 0 Å². The molecule has 0 aliphatic heterocycles. The maximum Gasteiger partial charge on any atom is 0.287 e. The van der Waals surface area contributed by atoms with Gasteiger partial charge < -0.3 is 14.8 Å². The van der Waals surface area contributed by atoms with Crippen LogP contribution in [0.2, 0.25) is 0 Å². The van der Waals surface area contributed by atoms with Crippen molar-refractivity contribution in [2.24, 2.45) is 0 Å². The van der Waals surface area contributed by atoms with Crippen molar-refractivity contribution in [1.82, 2.24) is 5.32 Å². The normalized spacial score (nSPS) is 10.6. The molecule has 2 aromatic rings. The minimum absolute atomic E-state index is 0.210. The Kier molecular flexibility index (Phi) is 4.20. The van der Waals surface area contributed by atoms with Gasteiger partial charge >= 0.3 is 0 Å². The number of aliphatic hydroxyl groups is 1. The summed E-state index contributed by atoms with van der Waals surface area (Å²) in [5.41, 5.74) is 1.70. The molecule has 0 saturated heterocycles. The van der Waals surface area contributed by atoms with Gasteiger partial charge in [-0.25, -0.2) is 4.39 Å². The third-order valence-corrected chi connectivity index (χ3v) is 2.98. The molecule has 106 valence electrons. The average Bonchev–Trinajstić information content (AvgIpc) is 2.76. The molecule has 2 rings (SSSR count). The van der Waals surface area contributed by atoms with E-state index in [1.807, 2.05) is 0 Å². The molecule has 0 aliphatic carbocycles. The Hall–Kier alpha value is -2.14. The first-order valence-corrected chi connectivity index (χ1v) is 6.24. The molecule has 20 heavy (non-hydrogen) atoms. The third kappa shape index (κ3) is 3.05. The zero-order valence-electron chi connectivity index (χ0n) is 11.4. The van der Waals surface area contributed by atoms with Crippen molar-refractivity contribution in [3.8, 4) is 0 Å². The van der Waals surface area contributed by atoms with Crippen LogP contribution in [0.4, 0.5) is 4.39 Å². The highest BCUT2D eigenvalue weighted by atomic mass is 19.1. The fourth-order valence-corrected chi connectivity index (χ4v) is 1.99. The minimum Gasteiger partial charge on any atom is -0.456 e. The molecule has 1 aromatic heterocycles. The standard InChI is InChI=1S/C15H16FNO3/c1-9-5-10(2)20-14(9)15(19)17-7-11-3-4-13(16)12(6-11)8-18/h3-6,18H,7-8H2,1-2H3,(H,17,19). The molecule has 2 N–H and O–H groups in total. The van der Waals surface area contributed by atoms with Crippen LogP contribution in [0.3, 0.4) is 0 Å². The molecule has 0 atom stereocenters. The molecule has 1 amide bonds. The van der Waals surface area contributed by atoms with Gasteiger partial charge in [-0.1, -0.05) is 6.07 Å². The van der Waals surface area contributed by atoms with E-state index in [2.05, 4.69) is 5.32 Å². The minimum atomic E-state index is -0.458. The average molecular weight is 277 g/mol. The van der Waals surface area contributed by atoms with Crippen molar-refractivity contribution in [2.45, 2.75) is 27.0 Å². The van der Waals surface area contributed by atoms with Crippen molar-refractivity contribution in [3.63, 3.8) is 0 Å². The third-order valence-electron chi connectivity index (χ3n) is 2.98. The van der Waals surface area contributed by atoms with E-state index >= 15 is 0 Å². The summed E-state index contributed by atoms with van der Waals surface area (Å²) in [6.45, 7) is 3.44. The summed E-state index contributed by atoms with van der Waals surface area (Å²) >= 11 is 0. The van der Waals surface area contributed by atoms with Gasteiger partial charge in [-0.15, -0.1) is 0 Å². The molecule has 0 fully saturated rings. The molecule has 0 saturated carbocycles. The van der Waals surface area contributed by atoms with Crippen LogP contribution >= 0.6 is 0 Å². The van der Waals surface area contributed by atoms with E-state index in [0.29, 0.717) is 11.3 Å². The van der Waals surface area contributed by atoms with Gasteiger partial charge in [0.15, 0.2) is 5.76 Å². The Balaban J connectivity index is 2.05. The Morgan fingerprint density at radius 3 is 2.70 bits per heavy atom. The number of nitrogens with one attached hydrogen (secondary N) is 1. The second kappa shape index (κ2) is 5.88. The molecule has 0 radical (unpaired) electrons. The lowest BCUT2D eigenvalue weighted by Gasteiger charge is -2.06. The van der Waals surface area contributed by atoms with Gasteiger partial charge in [-0.2, -0.15) is 0 Å². The molecule has 0 bridgehead atoms. The van der Waals surface area contributed by atoms with Crippen LogP contribution in [0.25, 0.3) is 0 Å². The number of carbonyl (C=O) groups is 1. The zero-order valence-corrected chi connectivity index (χ0v) is 11.4. The van der Waals surface area contributed by atoms with Gasteiger partial charge in [0.05, 0.1) is 6.61 Å². The summed E-state index contributed by atoms with van der Waals surface area (Å²) in [7, 11) is 0. The molecule has 0 aliphatic rings. The zero-order chi connectivity index (χ0) is 14.7. The van der Waals surface area contributed by atoms with Crippen LogP contribution in [0, 0.1) is 19.7 Å². The van der Waals surface area contributed by atoms with Gasteiger partial charge in [0.1, 0.15) is 11.6 Å². The topological polar surface area (TPSA) is 62.5 Å². The highest BCUT2D eigenvalue weighted by molar-refractivity contribution is 5.92. The second-order valence-corrected chi connectivity index (χ2v) is 4.64. The fraction of sp³-hybridized carbons (Fsp3) is 0.267. The van der Waals surface area contributed by atoms with Crippen molar-refractivity contribution in [3.05, 3.63) is 58.3 Å². The second-order valence-electron chi connectivity index (χ2n) is 4.64. The van der Waals surface area contributed by atoms with E-state index in [9.17, 15) is 9.18 Å². The quantitative estimate of drug-likeness (QED) is 0.902. The number of aliphatic hydroxyl groups excluding tert-OH is 1. The predicted molar refractivity (Wildman–Crippen MR) is 71.7 cm³/mol. The number of hydrogen-bond donors (Lipinski definition) is 2. The summed E-state index contributed by atoms with van der Waals surface area (Å²) < 4.78 is 18.5. The van der Waals surface area contributed by atoms with E-state index in [4.69, 9.17) is 9.52 Å². The number of rotatable bonds is 4. The molecule has 5 heteroatoms. The Bertz CT molecular complexity index is 634. The summed E-state index contributed by atoms with van der Waals surface area (Å²) in [5, 5.41) is 11.7. The highest BCUT2D eigenvalue weighted by Gasteiger charge is 2.14. The Morgan fingerprint density at radius 1 is 1.35 bits per heavy atom. The molecule has 1 heterocycles. The highest BCUT2D eigenvalue weighted by Crippen LogP contribution is 2.14. The van der Waals surface area contributed by atoms with Crippen molar-refractivity contribution in [1.29, 1.82) is 0 Å². The van der Waals surface area contributed by atoms with E-state index < -0.39 is 5.82 Å². The van der Waals surface area contributed by atoms with Crippen molar-refractivity contribution >= 4 is 5.91 Å². The lowest BCUT2D eigenvalue weighted by molar-refractivity contribution is 0.0921.